The molecule has 3 atom stereocenters. The van der Waals surface area contributed by atoms with E-state index in [1.807, 2.05) is 0 Å². The summed E-state index contributed by atoms with van der Waals surface area (Å²) in [5, 5.41) is 2.52. The van der Waals surface area contributed by atoms with Crippen LogP contribution in [0, 0.1) is 0 Å². The first-order valence-corrected chi connectivity index (χ1v) is 11.3. The summed E-state index contributed by atoms with van der Waals surface area (Å²) in [5.74, 6) is -1.46. The van der Waals surface area contributed by atoms with Gasteiger partial charge in [0.2, 0.25) is 15.6 Å². The Morgan fingerprint density at radius 1 is 1.42 bits per heavy atom. The lowest BCUT2D eigenvalue weighted by Gasteiger charge is -2.50. The molecule has 1 heterocycles. The van der Waals surface area contributed by atoms with Gasteiger partial charge in [-0.1, -0.05) is 60.9 Å². The quantitative estimate of drug-likeness (QED) is 0.239. The van der Waals surface area contributed by atoms with Gasteiger partial charge < -0.3 is 15.0 Å². The average Bonchev–Trinajstić information content (AvgIpc) is 2.46. The van der Waals surface area contributed by atoms with Gasteiger partial charge >= 0.3 is 5.97 Å². The first-order valence-electron chi connectivity index (χ1n) is 6.58. The number of halogens is 5. The highest BCUT2D eigenvalue weighted by Gasteiger charge is 2.56. The standard InChI is InChI=1S/C12H15Br2Cl3N2O4S/c1-5(20)18-6-8(13)19(9(6)21)7(11(2,3)24-14)10(22)23-4-12(15,16)17/h6-8H,4H2,1-3H3,(H,18,20). The van der Waals surface area contributed by atoms with E-state index in [4.69, 9.17) is 39.5 Å². The maximum absolute atomic E-state index is 12.5. The van der Waals surface area contributed by atoms with Crippen molar-refractivity contribution in [3.05, 3.63) is 0 Å². The van der Waals surface area contributed by atoms with E-state index in [-0.39, 0.29) is 5.91 Å². The molecule has 1 fully saturated rings. The number of nitrogens with one attached hydrogen (secondary N) is 1. The summed E-state index contributed by atoms with van der Waals surface area (Å²) >= 11 is 23.4. The fourth-order valence-electron chi connectivity index (χ4n) is 2.10. The van der Waals surface area contributed by atoms with Crippen LogP contribution in [0.1, 0.15) is 20.8 Å². The van der Waals surface area contributed by atoms with Crippen molar-refractivity contribution in [1.29, 1.82) is 0 Å². The van der Waals surface area contributed by atoms with Crippen LogP contribution in [0.15, 0.2) is 0 Å². The van der Waals surface area contributed by atoms with Gasteiger partial charge in [-0.2, -0.15) is 0 Å². The number of carbonyl (C=O) groups excluding carboxylic acids is 3. The number of rotatable bonds is 6. The van der Waals surface area contributed by atoms with Gasteiger partial charge in [0.1, 0.15) is 23.6 Å². The largest absolute Gasteiger partial charge is 0.460 e. The third kappa shape index (κ3) is 5.54. The van der Waals surface area contributed by atoms with Gasteiger partial charge in [0.15, 0.2) is 0 Å². The van der Waals surface area contributed by atoms with Gasteiger partial charge in [-0.25, -0.2) is 4.79 Å². The summed E-state index contributed by atoms with van der Waals surface area (Å²) in [6.07, 6.45) is 0. The molecule has 0 aromatic heterocycles. The number of alkyl halides is 4. The monoisotopic (exact) mass is 546 g/mol. The minimum absolute atomic E-state index is 0.345. The smallest absolute Gasteiger partial charge is 0.330 e. The Hall–Kier alpha value is 0.590. The third-order valence-corrected chi connectivity index (χ3v) is 7.58. The zero-order valence-electron chi connectivity index (χ0n) is 12.8. The average molecular weight is 549 g/mol. The highest BCUT2D eigenvalue weighted by atomic mass is 79.9. The Bertz CT molecular complexity index is 533. The molecule has 0 saturated carbocycles. The molecule has 0 radical (unpaired) electrons. The van der Waals surface area contributed by atoms with Crippen LogP contribution in [0.4, 0.5) is 0 Å². The van der Waals surface area contributed by atoms with E-state index in [0.29, 0.717) is 0 Å². The second-order valence-electron chi connectivity index (χ2n) is 5.60. The molecule has 12 heteroatoms. The third-order valence-electron chi connectivity index (χ3n) is 3.16. The second kappa shape index (κ2) is 8.52. The predicted octanol–water partition coefficient (Wildman–Crippen LogP) is 3.16. The molecule has 1 aliphatic rings. The Kier molecular flexibility index (Phi) is 8.03. The van der Waals surface area contributed by atoms with Gasteiger partial charge in [-0.3, -0.25) is 9.59 Å². The number of amides is 2. The molecule has 138 valence electrons. The zero-order valence-corrected chi connectivity index (χ0v) is 19.1. The Labute approximate surface area is 174 Å². The minimum Gasteiger partial charge on any atom is -0.460 e. The molecule has 1 saturated heterocycles. The lowest BCUT2D eigenvalue weighted by molar-refractivity contribution is -0.165. The number of β-lactam (4-membered cyclic amide) rings is 1. The van der Waals surface area contributed by atoms with E-state index in [9.17, 15) is 14.4 Å². The first-order chi connectivity index (χ1) is 10.8. The molecular formula is C12H15Br2Cl3N2O4S. The molecule has 24 heavy (non-hydrogen) atoms. The van der Waals surface area contributed by atoms with E-state index in [1.165, 1.54) is 22.0 Å². The van der Waals surface area contributed by atoms with Crippen molar-refractivity contribution in [2.24, 2.45) is 0 Å². The van der Waals surface area contributed by atoms with Crippen molar-refractivity contribution in [2.45, 2.75) is 46.3 Å². The number of carbonyl (C=O) groups is 3. The summed E-state index contributed by atoms with van der Waals surface area (Å²) in [6.45, 7) is 4.37. The number of hydrogen-bond donors (Lipinski definition) is 1. The van der Waals surface area contributed by atoms with E-state index in [0.717, 1.165) is 0 Å². The van der Waals surface area contributed by atoms with E-state index >= 15 is 0 Å². The predicted molar refractivity (Wildman–Crippen MR) is 103 cm³/mol. The van der Waals surface area contributed by atoms with Gasteiger partial charge in [0, 0.05) is 6.92 Å². The molecule has 0 aliphatic carbocycles. The van der Waals surface area contributed by atoms with Crippen LogP contribution < -0.4 is 5.32 Å². The minimum atomic E-state index is -1.75. The molecule has 1 aliphatic heterocycles. The van der Waals surface area contributed by atoms with E-state index in [2.05, 4.69) is 36.1 Å². The fraction of sp³-hybridized carbons (Fsp3) is 0.750. The molecule has 6 nitrogen and oxygen atoms in total. The van der Waals surface area contributed by atoms with Crippen molar-refractivity contribution in [3.8, 4) is 0 Å². The van der Waals surface area contributed by atoms with Crippen LogP contribution >= 0.6 is 75.7 Å². The summed E-state index contributed by atoms with van der Waals surface area (Å²) < 4.78 is 2.56. The number of esters is 1. The highest BCUT2D eigenvalue weighted by molar-refractivity contribution is 9.50. The second-order valence-corrected chi connectivity index (χ2v) is 11.2. The van der Waals surface area contributed by atoms with E-state index < -0.39 is 44.1 Å². The zero-order chi connectivity index (χ0) is 18.9. The van der Waals surface area contributed by atoms with Crippen LogP contribution in [0.5, 0.6) is 0 Å². The molecule has 3 unspecified atom stereocenters. The summed E-state index contributed by atoms with van der Waals surface area (Å²) in [4.78, 5) is 36.8. The van der Waals surface area contributed by atoms with Crippen LogP contribution in [0.25, 0.3) is 0 Å². The maximum Gasteiger partial charge on any atom is 0.330 e. The van der Waals surface area contributed by atoms with Gasteiger partial charge in [-0.05, 0) is 28.7 Å². The van der Waals surface area contributed by atoms with Gasteiger partial charge in [-0.15, -0.1) is 0 Å². The van der Waals surface area contributed by atoms with Crippen molar-refractivity contribution in [2.75, 3.05) is 6.61 Å². The molecular weight excluding hydrogens is 534 g/mol. The molecule has 0 aromatic carbocycles. The van der Waals surface area contributed by atoms with Crippen LogP contribution in [0.3, 0.4) is 0 Å². The summed E-state index contributed by atoms with van der Waals surface area (Å²) in [6, 6.07) is -1.71. The SMILES string of the molecule is CC(=O)NC1C(=O)N(C(C(=O)OCC(Cl)(Cl)Cl)C(C)(C)SBr)C1Br. The summed E-state index contributed by atoms with van der Waals surface area (Å²) in [5.41, 5.74) is 0. The Morgan fingerprint density at radius 3 is 2.33 bits per heavy atom. The number of hydrogen-bond acceptors (Lipinski definition) is 5. The Morgan fingerprint density at radius 2 is 1.96 bits per heavy atom. The lowest BCUT2D eigenvalue weighted by atomic mass is 9.95. The maximum atomic E-state index is 12.5. The number of likely N-dealkylation sites (tertiary alicyclic amines) is 1. The van der Waals surface area contributed by atoms with Crippen LogP contribution in [0.2, 0.25) is 0 Å². The normalized spacial score (nSPS) is 22.7. The highest BCUT2D eigenvalue weighted by Crippen LogP contribution is 2.41. The van der Waals surface area contributed by atoms with Gasteiger partial charge in [0.25, 0.3) is 0 Å². The lowest BCUT2D eigenvalue weighted by Crippen LogP contribution is -2.74. The van der Waals surface area contributed by atoms with Crippen LogP contribution in [-0.2, 0) is 19.1 Å². The van der Waals surface area contributed by atoms with Crippen molar-refractivity contribution in [3.63, 3.8) is 0 Å². The number of ether oxygens (including phenoxy) is 1. The molecule has 0 aromatic rings. The molecule has 1 N–H and O–H groups in total. The molecule has 1 rings (SSSR count). The first kappa shape index (κ1) is 22.6. The van der Waals surface area contributed by atoms with Crippen LogP contribution in [-0.4, -0.2) is 54.9 Å². The molecule has 0 spiro atoms. The summed E-state index contributed by atoms with van der Waals surface area (Å²) in [7, 11) is 1.20. The Balaban J connectivity index is 2.98. The van der Waals surface area contributed by atoms with E-state index in [1.54, 1.807) is 13.8 Å². The number of nitrogens with zero attached hydrogens (tertiary/aromatic N) is 1. The van der Waals surface area contributed by atoms with Crippen molar-refractivity contribution in [1.82, 2.24) is 10.2 Å². The topological polar surface area (TPSA) is 75.7 Å². The van der Waals surface area contributed by atoms with Crippen molar-refractivity contribution < 1.29 is 19.1 Å². The molecule has 2 amide bonds. The molecule has 0 bridgehead atoms. The fourth-order valence-corrected chi connectivity index (χ4v) is 3.89. The van der Waals surface area contributed by atoms with Crippen molar-refractivity contribution >= 4 is 93.5 Å². The van der Waals surface area contributed by atoms with Gasteiger partial charge in [0.05, 0.1) is 4.75 Å².